The molecule has 0 amide bonds. The molecular weight excluding hydrogens is 450 g/mol. The minimum absolute atomic E-state index is 0.101. The van der Waals surface area contributed by atoms with Crippen molar-refractivity contribution in [2.75, 3.05) is 5.32 Å². The van der Waals surface area contributed by atoms with E-state index in [1.54, 1.807) is 44.6 Å². The Morgan fingerprint density at radius 1 is 1.00 bits per heavy atom. The van der Waals surface area contributed by atoms with Crippen molar-refractivity contribution in [3.8, 4) is 16.9 Å². The molecule has 0 atom stereocenters. The molecule has 2 aromatic carbocycles. The number of rotatable bonds is 7. The maximum absolute atomic E-state index is 12.3. The molecular formula is C24H21ClF2N4O2. The summed E-state index contributed by atoms with van der Waals surface area (Å²) in [7, 11) is 0. The molecule has 0 saturated heterocycles. The standard InChI is InChI=1S/C24H21ClF2N4O2/c1-24(2,32)22-30-11-16(12-31-22)15-5-8-20-18(9-15)21(19(25)13-28-20)29-10-14-3-6-17(7-4-14)33-23(26)27/h3-9,11-13,23,32H,10H2,1-2H3,(H,28,29). The monoisotopic (exact) mass is 470 g/mol. The number of hydrogen-bond acceptors (Lipinski definition) is 6. The van der Waals surface area contributed by atoms with Gasteiger partial charge in [-0.25, -0.2) is 9.97 Å². The summed E-state index contributed by atoms with van der Waals surface area (Å²) in [5.74, 6) is 0.438. The van der Waals surface area contributed by atoms with Gasteiger partial charge in [0.05, 0.1) is 16.2 Å². The van der Waals surface area contributed by atoms with E-state index in [1.807, 2.05) is 18.2 Å². The minimum atomic E-state index is -2.86. The van der Waals surface area contributed by atoms with E-state index >= 15 is 0 Å². The fourth-order valence-corrected chi connectivity index (χ4v) is 3.52. The van der Waals surface area contributed by atoms with Crippen molar-refractivity contribution in [3.05, 3.63) is 77.5 Å². The Kier molecular flexibility index (Phi) is 6.40. The number of nitrogens with one attached hydrogen (secondary N) is 1. The molecule has 0 saturated carbocycles. The summed E-state index contributed by atoms with van der Waals surface area (Å²) in [4.78, 5) is 12.9. The molecule has 0 aliphatic rings. The molecule has 2 aromatic heterocycles. The minimum Gasteiger partial charge on any atom is -0.435 e. The number of fused-ring (bicyclic) bond motifs is 1. The molecule has 0 bridgehead atoms. The first kappa shape index (κ1) is 22.8. The molecule has 0 fully saturated rings. The van der Waals surface area contributed by atoms with E-state index in [-0.39, 0.29) is 5.75 Å². The van der Waals surface area contributed by atoms with Crippen LogP contribution in [0.4, 0.5) is 14.5 Å². The van der Waals surface area contributed by atoms with E-state index in [0.717, 1.165) is 27.6 Å². The quantitative estimate of drug-likeness (QED) is 0.356. The molecule has 0 unspecified atom stereocenters. The van der Waals surface area contributed by atoms with Crippen LogP contribution in [0.3, 0.4) is 0 Å². The first-order valence-corrected chi connectivity index (χ1v) is 10.5. The van der Waals surface area contributed by atoms with E-state index < -0.39 is 12.2 Å². The number of pyridine rings is 1. The number of ether oxygens (including phenoxy) is 1. The summed E-state index contributed by atoms with van der Waals surface area (Å²) < 4.78 is 29.1. The van der Waals surface area contributed by atoms with Gasteiger partial charge in [-0.1, -0.05) is 29.8 Å². The van der Waals surface area contributed by atoms with Crippen molar-refractivity contribution in [3.63, 3.8) is 0 Å². The van der Waals surface area contributed by atoms with Gasteiger partial charge < -0.3 is 15.2 Å². The molecule has 0 spiro atoms. The Labute approximate surface area is 194 Å². The van der Waals surface area contributed by atoms with Gasteiger partial charge >= 0.3 is 6.61 Å². The van der Waals surface area contributed by atoms with Crippen molar-refractivity contribution in [1.29, 1.82) is 0 Å². The number of anilines is 1. The van der Waals surface area contributed by atoms with Crippen LogP contribution < -0.4 is 10.1 Å². The molecule has 2 heterocycles. The van der Waals surface area contributed by atoms with Crippen LogP contribution in [0.2, 0.25) is 5.02 Å². The lowest BCUT2D eigenvalue weighted by atomic mass is 10.0. The molecule has 0 aliphatic heterocycles. The second kappa shape index (κ2) is 9.25. The SMILES string of the molecule is CC(C)(O)c1ncc(-c2ccc3ncc(Cl)c(NCc4ccc(OC(F)F)cc4)c3c2)cn1. The molecule has 6 nitrogen and oxygen atoms in total. The van der Waals surface area contributed by atoms with Crippen LogP contribution in [0.25, 0.3) is 22.0 Å². The number of benzene rings is 2. The van der Waals surface area contributed by atoms with Crippen LogP contribution in [0.5, 0.6) is 5.75 Å². The molecule has 0 aliphatic carbocycles. The van der Waals surface area contributed by atoms with E-state index in [1.165, 1.54) is 12.1 Å². The molecule has 4 aromatic rings. The number of aliphatic hydroxyl groups is 1. The van der Waals surface area contributed by atoms with E-state index in [0.29, 0.717) is 23.1 Å². The summed E-state index contributed by atoms with van der Waals surface area (Å²) in [5, 5.41) is 14.6. The summed E-state index contributed by atoms with van der Waals surface area (Å²) in [6.45, 7) is 0.815. The average molecular weight is 471 g/mol. The summed E-state index contributed by atoms with van der Waals surface area (Å²) in [5.41, 5.74) is 2.84. The van der Waals surface area contributed by atoms with Crippen molar-refractivity contribution in [2.24, 2.45) is 0 Å². The Morgan fingerprint density at radius 2 is 1.70 bits per heavy atom. The van der Waals surface area contributed by atoms with Gasteiger partial charge in [0.1, 0.15) is 11.4 Å². The first-order valence-electron chi connectivity index (χ1n) is 10.1. The highest BCUT2D eigenvalue weighted by molar-refractivity contribution is 6.34. The number of nitrogens with zero attached hydrogens (tertiary/aromatic N) is 3. The summed E-state index contributed by atoms with van der Waals surface area (Å²) in [6.07, 6.45) is 4.90. The lowest BCUT2D eigenvalue weighted by molar-refractivity contribution is -0.0498. The molecule has 2 N–H and O–H groups in total. The highest BCUT2D eigenvalue weighted by atomic mass is 35.5. The smallest absolute Gasteiger partial charge is 0.387 e. The van der Waals surface area contributed by atoms with Crippen LogP contribution in [0.15, 0.2) is 61.1 Å². The van der Waals surface area contributed by atoms with Gasteiger partial charge in [0.25, 0.3) is 0 Å². The normalized spacial score (nSPS) is 11.7. The summed E-state index contributed by atoms with van der Waals surface area (Å²) >= 11 is 6.44. The van der Waals surface area contributed by atoms with Crippen LogP contribution in [-0.2, 0) is 12.1 Å². The van der Waals surface area contributed by atoms with E-state index in [4.69, 9.17) is 11.6 Å². The zero-order valence-corrected chi connectivity index (χ0v) is 18.6. The van der Waals surface area contributed by atoms with Crippen LogP contribution in [-0.4, -0.2) is 26.7 Å². The predicted molar refractivity (Wildman–Crippen MR) is 123 cm³/mol. The third-order valence-corrected chi connectivity index (χ3v) is 5.26. The molecule has 4 rings (SSSR count). The maximum atomic E-state index is 12.3. The largest absolute Gasteiger partial charge is 0.435 e. The number of aromatic nitrogens is 3. The molecule has 9 heteroatoms. The van der Waals surface area contributed by atoms with Crippen molar-refractivity contribution < 1.29 is 18.6 Å². The Bertz CT molecular complexity index is 1260. The number of halogens is 3. The summed E-state index contributed by atoms with van der Waals surface area (Å²) in [6, 6.07) is 12.1. The number of hydrogen-bond donors (Lipinski definition) is 2. The molecule has 170 valence electrons. The highest BCUT2D eigenvalue weighted by Gasteiger charge is 2.19. The van der Waals surface area contributed by atoms with Gasteiger partial charge in [0.2, 0.25) is 0 Å². The fourth-order valence-electron chi connectivity index (χ4n) is 3.30. The van der Waals surface area contributed by atoms with Gasteiger partial charge in [-0.3, -0.25) is 4.98 Å². The Hall–Kier alpha value is -3.36. The topological polar surface area (TPSA) is 80.2 Å². The lowest BCUT2D eigenvalue weighted by Gasteiger charge is -2.15. The third kappa shape index (κ3) is 5.35. The average Bonchev–Trinajstić information content (AvgIpc) is 2.78. The van der Waals surface area contributed by atoms with Crippen LogP contribution in [0, 0.1) is 0 Å². The van der Waals surface area contributed by atoms with Crippen molar-refractivity contribution in [2.45, 2.75) is 32.6 Å². The van der Waals surface area contributed by atoms with Gasteiger partial charge in [0.15, 0.2) is 5.82 Å². The highest BCUT2D eigenvalue weighted by Crippen LogP contribution is 2.33. The van der Waals surface area contributed by atoms with Gasteiger partial charge in [-0.2, -0.15) is 8.78 Å². The van der Waals surface area contributed by atoms with Gasteiger partial charge in [-0.05, 0) is 49.2 Å². The Balaban J connectivity index is 1.61. The second-order valence-electron chi connectivity index (χ2n) is 7.94. The molecule has 33 heavy (non-hydrogen) atoms. The van der Waals surface area contributed by atoms with Crippen LogP contribution in [0.1, 0.15) is 25.2 Å². The maximum Gasteiger partial charge on any atom is 0.387 e. The fraction of sp³-hybridized carbons (Fsp3) is 0.208. The van der Waals surface area contributed by atoms with Gasteiger partial charge in [-0.15, -0.1) is 0 Å². The zero-order chi connectivity index (χ0) is 23.6. The van der Waals surface area contributed by atoms with Gasteiger partial charge in [0, 0.05) is 36.1 Å². The third-order valence-electron chi connectivity index (χ3n) is 4.97. The predicted octanol–water partition coefficient (Wildman–Crippen LogP) is 5.79. The first-order chi connectivity index (χ1) is 15.7. The second-order valence-corrected chi connectivity index (χ2v) is 8.35. The van der Waals surface area contributed by atoms with E-state index in [9.17, 15) is 13.9 Å². The van der Waals surface area contributed by atoms with Crippen LogP contribution >= 0.6 is 11.6 Å². The van der Waals surface area contributed by atoms with Crippen molar-refractivity contribution in [1.82, 2.24) is 15.0 Å². The molecule has 0 radical (unpaired) electrons. The number of alkyl halides is 2. The Morgan fingerprint density at radius 3 is 2.33 bits per heavy atom. The van der Waals surface area contributed by atoms with Crippen molar-refractivity contribution >= 4 is 28.2 Å². The van der Waals surface area contributed by atoms with E-state index in [2.05, 4.69) is 25.0 Å². The zero-order valence-electron chi connectivity index (χ0n) is 17.9. The lowest BCUT2D eigenvalue weighted by Crippen LogP contribution is -2.19.